The molecule has 0 unspecified atom stereocenters. The van der Waals surface area contributed by atoms with Gasteiger partial charge in [-0.1, -0.05) is 5.16 Å². The van der Waals surface area contributed by atoms with Crippen LogP contribution in [0.1, 0.15) is 18.7 Å². The molecule has 2 aliphatic rings. The predicted octanol–water partition coefficient (Wildman–Crippen LogP) is 2.92. The molecular weight excluding hydrogens is 387 g/mol. The first-order chi connectivity index (χ1) is 14.6. The molecule has 8 heteroatoms. The third-order valence-electron chi connectivity index (χ3n) is 6.03. The number of hydrogen-bond donors (Lipinski definition) is 1. The molecule has 1 aliphatic carbocycles. The van der Waals surface area contributed by atoms with Gasteiger partial charge in [0.1, 0.15) is 17.7 Å². The molecule has 4 atom stereocenters. The molecule has 5 rings (SSSR count). The first-order valence-corrected chi connectivity index (χ1v) is 10.2. The van der Waals surface area contributed by atoms with Crippen molar-refractivity contribution in [1.82, 2.24) is 20.0 Å². The average Bonchev–Trinajstić information content (AvgIpc) is 3.37. The molecule has 1 saturated heterocycles. The number of aliphatic hydroxyl groups excluding tert-OH is 1. The number of benzene rings is 1. The zero-order chi connectivity index (χ0) is 20.5. The molecule has 1 saturated carbocycles. The van der Waals surface area contributed by atoms with E-state index in [1.807, 2.05) is 12.1 Å². The first kappa shape index (κ1) is 19.1. The smallest absolute Gasteiger partial charge is 0.241 e. The van der Waals surface area contributed by atoms with E-state index in [0.29, 0.717) is 42.3 Å². The molecule has 0 spiro atoms. The highest BCUT2D eigenvalue weighted by atomic mass is 19.1. The molecule has 3 heterocycles. The van der Waals surface area contributed by atoms with Crippen molar-refractivity contribution in [2.24, 2.45) is 11.8 Å². The zero-order valence-electron chi connectivity index (χ0n) is 16.4. The van der Waals surface area contributed by atoms with Gasteiger partial charge in [0.2, 0.25) is 11.7 Å². The van der Waals surface area contributed by atoms with Crippen LogP contribution < -0.4 is 4.74 Å². The molecule has 1 aliphatic heterocycles. The number of hydrogen-bond acceptors (Lipinski definition) is 7. The lowest BCUT2D eigenvalue weighted by Crippen LogP contribution is -2.42. The van der Waals surface area contributed by atoms with Crippen molar-refractivity contribution < 1.29 is 18.8 Å². The molecule has 3 aromatic rings. The monoisotopic (exact) mass is 410 g/mol. The number of aromatic nitrogens is 3. The Morgan fingerprint density at radius 1 is 1.07 bits per heavy atom. The second kappa shape index (κ2) is 8.12. The van der Waals surface area contributed by atoms with Gasteiger partial charge in [0.25, 0.3) is 0 Å². The van der Waals surface area contributed by atoms with E-state index in [9.17, 15) is 9.50 Å². The second-order valence-corrected chi connectivity index (χ2v) is 8.11. The highest BCUT2D eigenvalue weighted by molar-refractivity contribution is 5.52. The maximum absolute atomic E-state index is 13.1. The SMILES string of the molecule is O[C@@H]1C[C@H]2CN(Cc3nc(-c4ccncc4)no3)C[C@H]2C[C@H]1Oc1ccc(F)cc1. The number of ether oxygens (including phenoxy) is 1. The fraction of sp³-hybridized carbons (Fsp3) is 0.409. The summed E-state index contributed by atoms with van der Waals surface area (Å²) in [7, 11) is 0. The molecule has 156 valence electrons. The van der Waals surface area contributed by atoms with Crippen LogP contribution in [0.2, 0.25) is 0 Å². The maximum Gasteiger partial charge on any atom is 0.241 e. The van der Waals surface area contributed by atoms with E-state index in [0.717, 1.165) is 25.1 Å². The first-order valence-electron chi connectivity index (χ1n) is 10.2. The quantitative estimate of drug-likeness (QED) is 0.692. The number of likely N-dealkylation sites (tertiary alicyclic amines) is 1. The molecule has 0 amide bonds. The summed E-state index contributed by atoms with van der Waals surface area (Å²) in [5, 5.41) is 14.6. The average molecular weight is 410 g/mol. The van der Waals surface area contributed by atoms with E-state index in [1.54, 1.807) is 24.5 Å². The highest BCUT2D eigenvalue weighted by Crippen LogP contribution is 2.38. The van der Waals surface area contributed by atoms with Crippen molar-refractivity contribution in [3.8, 4) is 17.1 Å². The summed E-state index contributed by atoms with van der Waals surface area (Å²) in [4.78, 5) is 10.8. The van der Waals surface area contributed by atoms with Crippen LogP contribution in [0.4, 0.5) is 4.39 Å². The minimum Gasteiger partial charge on any atom is -0.488 e. The van der Waals surface area contributed by atoms with Crippen molar-refractivity contribution >= 4 is 0 Å². The van der Waals surface area contributed by atoms with Gasteiger partial charge < -0.3 is 14.4 Å². The van der Waals surface area contributed by atoms with Gasteiger partial charge in [-0.3, -0.25) is 9.88 Å². The van der Waals surface area contributed by atoms with Crippen molar-refractivity contribution in [2.75, 3.05) is 13.1 Å². The lowest BCUT2D eigenvalue weighted by atomic mass is 9.78. The van der Waals surface area contributed by atoms with Gasteiger partial charge >= 0.3 is 0 Å². The van der Waals surface area contributed by atoms with Crippen LogP contribution in [-0.4, -0.2) is 50.4 Å². The van der Waals surface area contributed by atoms with Crippen molar-refractivity contribution in [1.29, 1.82) is 0 Å². The van der Waals surface area contributed by atoms with Crippen LogP contribution in [-0.2, 0) is 6.54 Å². The molecule has 30 heavy (non-hydrogen) atoms. The predicted molar refractivity (Wildman–Crippen MR) is 106 cm³/mol. The van der Waals surface area contributed by atoms with Crippen molar-refractivity contribution in [2.45, 2.75) is 31.6 Å². The lowest BCUT2D eigenvalue weighted by molar-refractivity contribution is -0.0231. The summed E-state index contributed by atoms with van der Waals surface area (Å²) in [6, 6.07) is 9.64. The molecule has 2 aromatic heterocycles. The van der Waals surface area contributed by atoms with E-state index in [2.05, 4.69) is 20.0 Å². The van der Waals surface area contributed by atoms with E-state index in [-0.39, 0.29) is 11.9 Å². The Kier molecular flexibility index (Phi) is 5.18. The van der Waals surface area contributed by atoms with Gasteiger partial charge in [0.05, 0.1) is 12.6 Å². The topological polar surface area (TPSA) is 84.5 Å². The van der Waals surface area contributed by atoms with E-state index >= 15 is 0 Å². The van der Waals surface area contributed by atoms with Crippen LogP contribution in [0.5, 0.6) is 5.75 Å². The summed E-state index contributed by atoms with van der Waals surface area (Å²) in [6.45, 7) is 2.37. The van der Waals surface area contributed by atoms with Gasteiger partial charge in [-0.2, -0.15) is 4.98 Å². The fourth-order valence-electron chi connectivity index (χ4n) is 4.56. The summed E-state index contributed by atoms with van der Waals surface area (Å²) in [5.74, 6) is 2.28. The largest absolute Gasteiger partial charge is 0.488 e. The van der Waals surface area contributed by atoms with Crippen LogP contribution in [0.25, 0.3) is 11.4 Å². The van der Waals surface area contributed by atoms with Crippen molar-refractivity contribution in [3.63, 3.8) is 0 Å². The maximum atomic E-state index is 13.1. The van der Waals surface area contributed by atoms with Crippen LogP contribution >= 0.6 is 0 Å². The Morgan fingerprint density at radius 2 is 1.80 bits per heavy atom. The third-order valence-corrected chi connectivity index (χ3v) is 6.03. The lowest BCUT2D eigenvalue weighted by Gasteiger charge is -2.35. The van der Waals surface area contributed by atoms with Gasteiger partial charge in [-0.15, -0.1) is 0 Å². The summed E-state index contributed by atoms with van der Waals surface area (Å²) in [5.41, 5.74) is 0.874. The van der Waals surface area contributed by atoms with E-state index in [1.165, 1.54) is 12.1 Å². The molecule has 7 nitrogen and oxygen atoms in total. The number of aliphatic hydroxyl groups is 1. The van der Waals surface area contributed by atoms with E-state index < -0.39 is 6.10 Å². The standard InChI is InChI=1S/C22H23FN4O3/c23-17-1-3-18(4-2-17)29-20-10-16-12-27(11-15(16)9-19(20)28)13-21-25-22(26-30-21)14-5-7-24-8-6-14/h1-8,15-16,19-20,28H,9-13H2/t15-,16+,19+,20+/m0/s1. The minimum absolute atomic E-state index is 0.279. The number of halogens is 1. The van der Waals surface area contributed by atoms with Gasteiger partial charge in [-0.25, -0.2) is 4.39 Å². The number of rotatable bonds is 5. The Hall–Kier alpha value is -2.84. The van der Waals surface area contributed by atoms with Gasteiger partial charge in [0.15, 0.2) is 0 Å². The van der Waals surface area contributed by atoms with Crippen LogP contribution in [0, 0.1) is 17.7 Å². The summed E-state index contributed by atoms with van der Waals surface area (Å²) in [6.07, 6.45) is 4.06. The molecule has 1 N–H and O–H groups in total. The number of pyridine rings is 1. The highest BCUT2D eigenvalue weighted by Gasteiger charge is 2.43. The van der Waals surface area contributed by atoms with Crippen LogP contribution in [0.15, 0.2) is 53.3 Å². The Morgan fingerprint density at radius 3 is 2.57 bits per heavy atom. The van der Waals surface area contributed by atoms with Gasteiger partial charge in [-0.05, 0) is 61.1 Å². The Labute approximate surface area is 173 Å². The molecule has 0 radical (unpaired) electrons. The number of nitrogens with zero attached hydrogens (tertiary/aromatic N) is 4. The molecular formula is C22H23FN4O3. The van der Waals surface area contributed by atoms with E-state index in [4.69, 9.17) is 9.26 Å². The zero-order valence-corrected chi connectivity index (χ0v) is 16.4. The Balaban J connectivity index is 1.20. The normalized spacial score (nSPS) is 26.5. The minimum atomic E-state index is -0.530. The fourth-order valence-corrected chi connectivity index (χ4v) is 4.56. The molecule has 1 aromatic carbocycles. The Bertz CT molecular complexity index is 982. The van der Waals surface area contributed by atoms with Crippen LogP contribution in [0.3, 0.4) is 0 Å². The molecule has 0 bridgehead atoms. The number of fused-ring (bicyclic) bond motifs is 1. The van der Waals surface area contributed by atoms with Gasteiger partial charge in [0, 0.05) is 31.0 Å². The molecule has 2 fully saturated rings. The second-order valence-electron chi connectivity index (χ2n) is 8.11. The summed E-state index contributed by atoms with van der Waals surface area (Å²) < 4.78 is 24.5. The van der Waals surface area contributed by atoms with Crippen molar-refractivity contribution in [3.05, 3.63) is 60.5 Å². The summed E-state index contributed by atoms with van der Waals surface area (Å²) >= 11 is 0. The third kappa shape index (κ3) is 4.06.